The SMILES string of the molecule is Cc1cc2cc(OC(C)(C)C)cnc2[nH]1. The van der Waals surface area contributed by atoms with Gasteiger partial charge in [-0.1, -0.05) is 0 Å². The monoisotopic (exact) mass is 204 g/mol. The second-order valence-corrected chi connectivity index (χ2v) is 4.78. The van der Waals surface area contributed by atoms with Crippen molar-refractivity contribution in [1.29, 1.82) is 0 Å². The van der Waals surface area contributed by atoms with Gasteiger partial charge in [-0.15, -0.1) is 0 Å². The number of aromatic nitrogens is 2. The summed E-state index contributed by atoms with van der Waals surface area (Å²) in [5.41, 5.74) is 1.85. The number of nitrogens with zero attached hydrogens (tertiary/aromatic N) is 1. The van der Waals surface area contributed by atoms with Crippen molar-refractivity contribution in [2.45, 2.75) is 33.3 Å². The van der Waals surface area contributed by atoms with Crippen molar-refractivity contribution in [2.24, 2.45) is 0 Å². The molecule has 0 bridgehead atoms. The standard InChI is InChI=1S/C12H16N2O/c1-8-5-9-6-10(15-12(2,3)4)7-13-11(9)14-8/h5-7H,1-4H3,(H,13,14). The maximum atomic E-state index is 5.74. The summed E-state index contributed by atoms with van der Waals surface area (Å²) in [5, 5.41) is 1.09. The Hall–Kier alpha value is -1.51. The highest BCUT2D eigenvalue weighted by Gasteiger charge is 2.12. The fourth-order valence-corrected chi connectivity index (χ4v) is 1.54. The first kappa shape index (κ1) is 10.0. The molecule has 0 aromatic carbocycles. The molecule has 2 aromatic heterocycles. The van der Waals surface area contributed by atoms with Crippen LogP contribution in [0.3, 0.4) is 0 Å². The van der Waals surface area contributed by atoms with E-state index in [0.717, 1.165) is 22.5 Å². The molecule has 0 saturated heterocycles. The van der Waals surface area contributed by atoms with Crippen molar-refractivity contribution in [3.05, 3.63) is 24.0 Å². The van der Waals surface area contributed by atoms with Crippen LogP contribution in [0.2, 0.25) is 0 Å². The Labute approximate surface area is 89.5 Å². The molecule has 0 aliphatic heterocycles. The van der Waals surface area contributed by atoms with E-state index in [1.165, 1.54) is 0 Å². The Morgan fingerprint density at radius 2 is 2.00 bits per heavy atom. The lowest BCUT2D eigenvalue weighted by molar-refractivity contribution is 0.130. The van der Waals surface area contributed by atoms with Crippen LogP contribution in [0.5, 0.6) is 5.75 Å². The highest BCUT2D eigenvalue weighted by Crippen LogP contribution is 2.22. The van der Waals surface area contributed by atoms with E-state index in [1.807, 2.05) is 33.8 Å². The number of hydrogen-bond acceptors (Lipinski definition) is 2. The van der Waals surface area contributed by atoms with Crippen LogP contribution in [-0.2, 0) is 0 Å². The van der Waals surface area contributed by atoms with Crippen LogP contribution < -0.4 is 4.74 Å². The van der Waals surface area contributed by atoms with E-state index < -0.39 is 0 Å². The molecule has 0 aliphatic carbocycles. The smallest absolute Gasteiger partial charge is 0.139 e. The van der Waals surface area contributed by atoms with Gasteiger partial charge in [0.15, 0.2) is 0 Å². The van der Waals surface area contributed by atoms with E-state index >= 15 is 0 Å². The number of ether oxygens (including phenoxy) is 1. The van der Waals surface area contributed by atoms with Crippen molar-refractivity contribution >= 4 is 11.0 Å². The molecule has 0 unspecified atom stereocenters. The minimum atomic E-state index is -0.180. The molecule has 80 valence electrons. The third-order valence-electron chi connectivity index (χ3n) is 2.00. The first-order chi connectivity index (χ1) is 6.94. The lowest BCUT2D eigenvalue weighted by Gasteiger charge is -2.20. The second kappa shape index (κ2) is 3.26. The number of aryl methyl sites for hydroxylation is 1. The molecule has 3 heteroatoms. The van der Waals surface area contributed by atoms with Crippen molar-refractivity contribution in [3.8, 4) is 5.75 Å². The molecule has 0 spiro atoms. The summed E-state index contributed by atoms with van der Waals surface area (Å²) < 4.78 is 5.74. The third-order valence-corrected chi connectivity index (χ3v) is 2.00. The van der Waals surface area contributed by atoms with Crippen molar-refractivity contribution in [1.82, 2.24) is 9.97 Å². The summed E-state index contributed by atoms with van der Waals surface area (Å²) >= 11 is 0. The molecule has 2 rings (SSSR count). The van der Waals surface area contributed by atoms with Crippen molar-refractivity contribution in [2.75, 3.05) is 0 Å². The summed E-state index contributed by atoms with van der Waals surface area (Å²) in [5.74, 6) is 0.814. The molecule has 2 aromatic rings. The molecular formula is C12H16N2O. The molecule has 2 heterocycles. The van der Waals surface area contributed by atoms with Crippen LogP contribution in [0, 0.1) is 6.92 Å². The van der Waals surface area contributed by atoms with Crippen LogP contribution in [0.15, 0.2) is 18.3 Å². The van der Waals surface area contributed by atoms with Gasteiger partial charge >= 0.3 is 0 Å². The van der Waals surface area contributed by atoms with E-state index in [2.05, 4.69) is 16.0 Å². The van der Waals surface area contributed by atoms with Crippen LogP contribution >= 0.6 is 0 Å². The Bertz CT molecular complexity index is 480. The minimum Gasteiger partial charge on any atom is -0.487 e. The van der Waals surface area contributed by atoms with Gasteiger partial charge in [0.1, 0.15) is 17.0 Å². The first-order valence-electron chi connectivity index (χ1n) is 5.08. The quantitative estimate of drug-likeness (QED) is 0.775. The summed E-state index contributed by atoms with van der Waals surface area (Å²) in [6.45, 7) is 8.10. The predicted octanol–water partition coefficient (Wildman–Crippen LogP) is 3.05. The van der Waals surface area contributed by atoms with Gasteiger partial charge in [-0.3, -0.25) is 0 Å². The minimum absolute atomic E-state index is 0.180. The number of hydrogen-bond donors (Lipinski definition) is 1. The fourth-order valence-electron chi connectivity index (χ4n) is 1.54. The molecular weight excluding hydrogens is 188 g/mol. The van der Waals surface area contributed by atoms with Crippen molar-refractivity contribution < 1.29 is 4.74 Å². The number of H-pyrrole nitrogens is 1. The topological polar surface area (TPSA) is 37.9 Å². The number of pyridine rings is 1. The van der Waals surface area contributed by atoms with E-state index in [9.17, 15) is 0 Å². The molecule has 0 fully saturated rings. The zero-order valence-electron chi connectivity index (χ0n) is 9.59. The van der Waals surface area contributed by atoms with Gasteiger partial charge < -0.3 is 9.72 Å². The normalized spacial score (nSPS) is 12.0. The highest BCUT2D eigenvalue weighted by molar-refractivity contribution is 5.77. The van der Waals surface area contributed by atoms with Crippen LogP contribution in [0.1, 0.15) is 26.5 Å². The Morgan fingerprint density at radius 1 is 1.27 bits per heavy atom. The Morgan fingerprint density at radius 3 is 2.67 bits per heavy atom. The summed E-state index contributed by atoms with van der Waals surface area (Å²) in [6, 6.07) is 4.08. The van der Waals surface area contributed by atoms with Gasteiger partial charge in [-0.05, 0) is 39.8 Å². The number of nitrogens with one attached hydrogen (secondary N) is 1. The predicted molar refractivity (Wildman–Crippen MR) is 61.2 cm³/mol. The van der Waals surface area contributed by atoms with Gasteiger partial charge in [-0.25, -0.2) is 4.98 Å². The largest absolute Gasteiger partial charge is 0.487 e. The van der Waals surface area contributed by atoms with E-state index in [-0.39, 0.29) is 5.60 Å². The van der Waals surface area contributed by atoms with E-state index in [0.29, 0.717) is 0 Å². The molecule has 0 aliphatic rings. The second-order valence-electron chi connectivity index (χ2n) is 4.78. The van der Waals surface area contributed by atoms with Crippen LogP contribution in [-0.4, -0.2) is 15.6 Å². The van der Waals surface area contributed by atoms with Crippen LogP contribution in [0.4, 0.5) is 0 Å². The van der Waals surface area contributed by atoms with Gasteiger partial charge in [0.2, 0.25) is 0 Å². The summed E-state index contributed by atoms with van der Waals surface area (Å²) in [4.78, 5) is 7.49. The third kappa shape index (κ3) is 2.29. The van der Waals surface area contributed by atoms with E-state index in [1.54, 1.807) is 6.20 Å². The lowest BCUT2D eigenvalue weighted by atomic mass is 10.2. The van der Waals surface area contributed by atoms with Crippen LogP contribution in [0.25, 0.3) is 11.0 Å². The maximum absolute atomic E-state index is 5.74. The Balaban J connectivity index is 2.38. The summed E-state index contributed by atoms with van der Waals surface area (Å²) in [7, 11) is 0. The molecule has 0 saturated carbocycles. The number of fused-ring (bicyclic) bond motifs is 1. The van der Waals surface area contributed by atoms with Gasteiger partial charge in [0.05, 0.1) is 6.20 Å². The molecule has 3 nitrogen and oxygen atoms in total. The zero-order valence-corrected chi connectivity index (χ0v) is 9.59. The zero-order chi connectivity index (χ0) is 11.1. The average Bonchev–Trinajstić information content (AvgIpc) is 2.40. The molecule has 1 N–H and O–H groups in total. The number of rotatable bonds is 1. The van der Waals surface area contributed by atoms with E-state index in [4.69, 9.17) is 4.74 Å². The van der Waals surface area contributed by atoms with Crippen molar-refractivity contribution in [3.63, 3.8) is 0 Å². The molecule has 15 heavy (non-hydrogen) atoms. The fraction of sp³-hybridized carbons (Fsp3) is 0.417. The first-order valence-corrected chi connectivity index (χ1v) is 5.08. The maximum Gasteiger partial charge on any atom is 0.139 e. The lowest BCUT2D eigenvalue weighted by Crippen LogP contribution is -2.22. The Kier molecular flexibility index (Phi) is 2.18. The molecule has 0 amide bonds. The summed E-state index contributed by atoms with van der Waals surface area (Å²) in [6.07, 6.45) is 1.75. The van der Waals surface area contributed by atoms with Gasteiger partial charge in [-0.2, -0.15) is 0 Å². The van der Waals surface area contributed by atoms with Gasteiger partial charge in [0, 0.05) is 11.1 Å². The van der Waals surface area contributed by atoms with Gasteiger partial charge in [0.25, 0.3) is 0 Å². The number of aromatic amines is 1. The highest BCUT2D eigenvalue weighted by atomic mass is 16.5. The molecule has 0 atom stereocenters. The molecule has 0 radical (unpaired) electrons. The average molecular weight is 204 g/mol.